The van der Waals surface area contributed by atoms with E-state index in [0.717, 1.165) is 0 Å². The third kappa shape index (κ3) is 9.52. The topological polar surface area (TPSA) is 138 Å². The van der Waals surface area contributed by atoms with Crippen molar-refractivity contribution in [3.63, 3.8) is 0 Å². The number of nitrogens with one attached hydrogen (secondary N) is 1. The molecule has 11 heteroatoms. The number of anilines is 1. The number of halogens is 1. The number of hydrogen-bond acceptors (Lipinski definition) is 6. The van der Waals surface area contributed by atoms with E-state index < -0.39 is 72.5 Å². The van der Waals surface area contributed by atoms with Gasteiger partial charge in [-0.05, 0) is 66.3 Å². The number of hydrogen-bond donors (Lipinski definition) is 3. The minimum atomic E-state index is -1.49. The first-order valence-electron chi connectivity index (χ1n) is 15.9. The summed E-state index contributed by atoms with van der Waals surface area (Å²) in [7, 11) is 0. The summed E-state index contributed by atoms with van der Waals surface area (Å²) < 4.78 is 58.3. The van der Waals surface area contributed by atoms with Gasteiger partial charge in [0, 0.05) is 35.9 Å². The van der Waals surface area contributed by atoms with Crippen LogP contribution in [0.4, 0.5) is 10.1 Å². The van der Waals surface area contributed by atoms with Gasteiger partial charge >= 0.3 is 59.1 Å². The maximum Gasteiger partial charge on any atom is 1.00 e. The van der Waals surface area contributed by atoms with Gasteiger partial charge in [-0.2, -0.15) is 0 Å². The van der Waals surface area contributed by atoms with E-state index in [-0.39, 0.29) is 112 Å². The van der Waals surface area contributed by atoms with Crippen LogP contribution in [0.15, 0.2) is 78.7 Å². The second-order valence-electron chi connectivity index (χ2n) is 10.2. The molecule has 0 aliphatic heterocycles. The number of carboxylic acids is 1. The van der Waals surface area contributed by atoms with Crippen molar-refractivity contribution < 1.29 is 100 Å². The Morgan fingerprint density at radius 3 is 2.14 bits per heavy atom. The molecule has 0 saturated heterocycles. The summed E-state index contributed by atoms with van der Waals surface area (Å²) >= 11 is 0. The molecule has 220 valence electrons. The van der Waals surface area contributed by atoms with E-state index >= 15 is 0 Å². The van der Waals surface area contributed by atoms with Crippen LogP contribution in [0.25, 0.3) is 22.4 Å². The summed E-state index contributed by atoms with van der Waals surface area (Å²) in [5.41, 5.74) is 0.792. The van der Waals surface area contributed by atoms with Crippen molar-refractivity contribution in [2.45, 2.75) is 57.8 Å². The number of aromatic nitrogens is 1. The molecular weight excluding hydrogens is 585 g/mol. The van der Waals surface area contributed by atoms with Crippen LogP contribution in [0.3, 0.4) is 0 Å². The van der Waals surface area contributed by atoms with Gasteiger partial charge < -0.3 is 35.1 Å². The Labute approximate surface area is 307 Å². The van der Waals surface area contributed by atoms with Crippen molar-refractivity contribution in [1.29, 1.82) is 0 Å². The molecule has 1 aromatic heterocycles. The standard InChI is InChI=1S/C33H35FN2O6.2Na/c1-20(2)31-30(33(42)35-24-12-14-25(37)15-13-24)29(21-6-4-3-5-7-21)32(22-8-10-23(34)11-9-22)36(31)17-16-26(38)18-27(39)19-28(40)41;;/h3-15,20,26-27,37-39H,16-19H2,1-2H3,(H,35,42)(H,40,41);;/q;2*+1/p-2/t26-,27-;;/m1../s1/i3D,4D,5D,6D,7D;;. The van der Waals surface area contributed by atoms with E-state index in [4.69, 9.17) is 6.85 Å². The van der Waals surface area contributed by atoms with E-state index in [9.17, 15) is 34.4 Å². The molecule has 0 unspecified atom stereocenters. The summed E-state index contributed by atoms with van der Waals surface area (Å²) in [4.78, 5) is 25.2. The van der Waals surface area contributed by atoms with Crippen LogP contribution < -0.4 is 74.6 Å². The number of aliphatic hydroxyl groups is 2. The average Bonchev–Trinajstić information content (AvgIpc) is 3.34. The Morgan fingerprint density at radius 1 is 0.955 bits per heavy atom. The normalized spacial score (nSPS) is 13.7. The van der Waals surface area contributed by atoms with Gasteiger partial charge in [0.05, 0.1) is 30.3 Å². The van der Waals surface area contributed by atoms with Crippen LogP contribution in [-0.2, 0) is 11.3 Å². The third-order valence-corrected chi connectivity index (χ3v) is 6.69. The summed E-state index contributed by atoms with van der Waals surface area (Å²) in [6.07, 6.45) is -3.63. The molecule has 8 nitrogen and oxygen atoms in total. The largest absolute Gasteiger partial charge is 1.00 e. The van der Waals surface area contributed by atoms with Gasteiger partial charge in [0.25, 0.3) is 5.91 Å². The van der Waals surface area contributed by atoms with Gasteiger partial charge in [0.2, 0.25) is 0 Å². The predicted molar refractivity (Wildman–Crippen MR) is 154 cm³/mol. The molecule has 0 aliphatic carbocycles. The van der Waals surface area contributed by atoms with Gasteiger partial charge in [-0.3, -0.25) is 4.79 Å². The molecule has 44 heavy (non-hydrogen) atoms. The predicted octanol–water partition coefficient (Wildman–Crippen LogP) is -1.94. The fourth-order valence-electron chi connectivity index (χ4n) is 4.94. The van der Waals surface area contributed by atoms with Crippen molar-refractivity contribution in [2.24, 2.45) is 0 Å². The number of rotatable bonds is 12. The van der Waals surface area contributed by atoms with E-state index in [1.165, 1.54) is 48.5 Å². The van der Waals surface area contributed by atoms with Crippen LogP contribution in [0.1, 0.15) is 61.9 Å². The molecule has 4 rings (SSSR count). The number of aliphatic carboxylic acids is 1. The molecule has 0 aliphatic rings. The molecule has 3 N–H and O–H groups in total. The average molecular weight is 624 g/mol. The molecule has 4 aromatic rings. The van der Waals surface area contributed by atoms with Gasteiger partial charge in [-0.1, -0.05) is 56.2 Å². The van der Waals surface area contributed by atoms with Crippen LogP contribution in [0.5, 0.6) is 5.75 Å². The molecule has 3 aromatic carbocycles. The monoisotopic (exact) mass is 623 g/mol. The van der Waals surface area contributed by atoms with Crippen molar-refractivity contribution in [2.75, 3.05) is 5.32 Å². The zero-order chi connectivity index (χ0) is 34.7. The van der Waals surface area contributed by atoms with Crippen molar-refractivity contribution in [3.05, 3.63) is 95.8 Å². The van der Waals surface area contributed by atoms with Crippen LogP contribution in [-0.4, -0.2) is 38.9 Å². The number of carbonyl (C=O) groups is 2. The molecule has 1 heterocycles. The van der Waals surface area contributed by atoms with Crippen LogP contribution >= 0.6 is 0 Å². The Bertz CT molecular complexity index is 1780. The van der Waals surface area contributed by atoms with Gasteiger partial charge in [-0.25, -0.2) is 4.39 Å². The van der Waals surface area contributed by atoms with E-state index in [2.05, 4.69) is 5.32 Å². The number of nitrogens with zero attached hydrogens (tertiary/aromatic N) is 1. The molecule has 0 saturated carbocycles. The zero-order valence-corrected chi connectivity index (χ0v) is 29.0. The number of amides is 1. The number of carboxylic acid groups (broad SMARTS) is 1. The molecular formula is C33H33FN2Na2O6. The Morgan fingerprint density at radius 2 is 1.57 bits per heavy atom. The van der Waals surface area contributed by atoms with E-state index in [0.29, 0.717) is 11.3 Å². The van der Waals surface area contributed by atoms with Gasteiger partial charge in [0.15, 0.2) is 0 Å². The molecule has 2 atom stereocenters. The summed E-state index contributed by atoms with van der Waals surface area (Å²) in [6.45, 7) is 3.51. The molecule has 0 bridgehead atoms. The Hall–Kier alpha value is -2.47. The second kappa shape index (κ2) is 17.3. The quantitative estimate of drug-likeness (QED) is 0.157. The molecule has 0 fully saturated rings. The molecule has 0 radical (unpaired) electrons. The first kappa shape index (κ1) is 30.2. The summed E-state index contributed by atoms with van der Waals surface area (Å²) in [5.74, 6) is -3.52. The Balaban J connectivity index is 0.00000417. The van der Waals surface area contributed by atoms with E-state index in [1.54, 1.807) is 18.4 Å². The molecule has 0 spiro atoms. The van der Waals surface area contributed by atoms with Crippen LogP contribution in [0, 0.1) is 5.82 Å². The van der Waals surface area contributed by atoms with Crippen LogP contribution in [0.2, 0.25) is 0 Å². The van der Waals surface area contributed by atoms with Crippen molar-refractivity contribution in [1.82, 2.24) is 4.57 Å². The second-order valence-corrected chi connectivity index (χ2v) is 10.2. The zero-order valence-electron chi connectivity index (χ0n) is 30.0. The summed E-state index contributed by atoms with van der Waals surface area (Å²) in [5, 5.41) is 46.2. The first-order chi connectivity index (χ1) is 22.1. The maximum absolute atomic E-state index is 14.3. The minimum Gasteiger partial charge on any atom is -0.872 e. The smallest absolute Gasteiger partial charge is 0.872 e. The third-order valence-electron chi connectivity index (χ3n) is 6.69. The number of benzene rings is 3. The van der Waals surface area contributed by atoms with Gasteiger partial charge in [-0.15, -0.1) is 5.75 Å². The maximum atomic E-state index is 14.3. The SMILES string of the molecule is [2H]c1c([2H])c([2H])c(-c2c(C(=O)Nc3ccc([O-])cc3)c(C(C)C)n(CC[C@@H](O)C[C@@H](O)CC(=O)[O-])c2-c2ccc(F)cc2)c([2H])c1[2H].[Na+].[Na+]. The van der Waals surface area contributed by atoms with E-state index in [1.807, 2.05) is 0 Å². The number of carbonyl (C=O) groups excluding carboxylic acids is 2. The summed E-state index contributed by atoms with van der Waals surface area (Å²) in [6, 6.07) is 7.38. The van der Waals surface area contributed by atoms with Gasteiger partial charge in [0.1, 0.15) is 5.82 Å². The van der Waals surface area contributed by atoms with Crippen molar-refractivity contribution in [3.8, 4) is 28.1 Å². The molecule has 1 amide bonds. The van der Waals surface area contributed by atoms with Crippen molar-refractivity contribution >= 4 is 17.6 Å². The number of aliphatic hydroxyl groups excluding tert-OH is 2. The minimum absolute atomic E-state index is 0. The Kier molecular flexibility index (Phi) is 11.9. The first-order valence-corrected chi connectivity index (χ1v) is 13.4. The fourth-order valence-corrected chi connectivity index (χ4v) is 4.94. The fraction of sp³-hybridized carbons (Fsp3) is 0.273.